The van der Waals surface area contributed by atoms with Gasteiger partial charge in [0.15, 0.2) is 0 Å². The van der Waals surface area contributed by atoms with Crippen molar-refractivity contribution in [2.45, 2.75) is 18.6 Å². The van der Waals surface area contributed by atoms with Crippen LogP contribution in [0.25, 0.3) is 0 Å². The number of benzene rings is 1. The van der Waals surface area contributed by atoms with Crippen molar-refractivity contribution in [3.05, 3.63) is 35.4 Å². The van der Waals surface area contributed by atoms with Gasteiger partial charge in [0, 0.05) is 0 Å². The number of alkyl halides is 3. The summed E-state index contributed by atoms with van der Waals surface area (Å²) in [6.45, 7) is 0.748. The molecule has 6 nitrogen and oxygen atoms in total. The molecule has 1 heterocycles. The molecule has 1 aromatic carbocycles. The average Bonchev–Trinajstić information content (AvgIpc) is 2.62. The second kappa shape index (κ2) is 5.00. The van der Waals surface area contributed by atoms with Gasteiger partial charge in [-0.25, -0.2) is 4.79 Å². The Hall–Kier alpha value is -2.58. The van der Waals surface area contributed by atoms with Crippen LogP contribution in [0.3, 0.4) is 0 Å². The third-order valence-electron chi connectivity index (χ3n) is 3.38. The fourth-order valence-electron chi connectivity index (χ4n) is 2.18. The summed E-state index contributed by atoms with van der Waals surface area (Å²) >= 11 is 0. The van der Waals surface area contributed by atoms with Gasteiger partial charge in [-0.15, -0.1) is 0 Å². The van der Waals surface area contributed by atoms with Crippen LogP contribution in [0, 0.1) is 0 Å². The van der Waals surface area contributed by atoms with Gasteiger partial charge in [-0.1, -0.05) is 12.1 Å². The van der Waals surface area contributed by atoms with Crippen LogP contribution in [-0.4, -0.2) is 29.3 Å². The molecule has 0 radical (unpaired) electrons. The molecule has 0 aliphatic carbocycles. The number of primary amides is 1. The maximum atomic E-state index is 12.5. The van der Waals surface area contributed by atoms with Gasteiger partial charge in [-0.05, 0) is 24.6 Å². The first kappa shape index (κ1) is 15.8. The first-order valence-corrected chi connectivity index (χ1v) is 6.16. The first-order valence-electron chi connectivity index (χ1n) is 6.16. The number of carbonyl (C=O) groups excluding carboxylic acids is 3. The number of urea groups is 1. The van der Waals surface area contributed by atoms with Crippen LogP contribution in [0.15, 0.2) is 24.3 Å². The van der Waals surface area contributed by atoms with E-state index < -0.39 is 41.7 Å². The molecule has 1 aromatic rings. The standard InChI is InChI=1S/C13H12F3N3O3/c1-12(7-2-4-8(5-3-7)13(14,15)16)10(21)19(6-9(17)20)11(22)18-12/h2-5H,6H2,1H3,(H2,17,20)(H,18,22)/t12-/m0/s1. The second-order valence-electron chi connectivity index (χ2n) is 4.99. The Labute approximate surface area is 123 Å². The predicted molar refractivity (Wildman–Crippen MR) is 68.2 cm³/mol. The quantitative estimate of drug-likeness (QED) is 0.814. The maximum absolute atomic E-state index is 12.5. The molecule has 22 heavy (non-hydrogen) atoms. The van der Waals surface area contributed by atoms with Crippen LogP contribution in [0.4, 0.5) is 18.0 Å². The van der Waals surface area contributed by atoms with E-state index in [0.717, 1.165) is 24.3 Å². The Bertz CT molecular complexity index is 642. The van der Waals surface area contributed by atoms with Crippen LogP contribution < -0.4 is 11.1 Å². The van der Waals surface area contributed by atoms with Gasteiger partial charge >= 0.3 is 12.2 Å². The van der Waals surface area contributed by atoms with E-state index in [1.165, 1.54) is 6.92 Å². The van der Waals surface area contributed by atoms with E-state index in [2.05, 4.69) is 5.32 Å². The summed E-state index contributed by atoms with van der Waals surface area (Å²) in [5, 5.41) is 2.36. The third kappa shape index (κ3) is 2.61. The van der Waals surface area contributed by atoms with Gasteiger partial charge in [0.2, 0.25) is 5.91 Å². The fourth-order valence-corrected chi connectivity index (χ4v) is 2.18. The zero-order valence-corrected chi connectivity index (χ0v) is 11.4. The summed E-state index contributed by atoms with van der Waals surface area (Å²) in [5.74, 6) is -1.63. The molecule has 0 bridgehead atoms. The minimum atomic E-state index is -4.50. The van der Waals surface area contributed by atoms with E-state index in [-0.39, 0.29) is 5.56 Å². The van der Waals surface area contributed by atoms with Crippen molar-refractivity contribution in [3.63, 3.8) is 0 Å². The molecule has 0 spiro atoms. The number of halogens is 3. The van der Waals surface area contributed by atoms with Gasteiger partial charge in [0.25, 0.3) is 5.91 Å². The fraction of sp³-hybridized carbons (Fsp3) is 0.308. The molecule has 118 valence electrons. The molecule has 0 saturated carbocycles. The molecule has 3 N–H and O–H groups in total. The lowest BCUT2D eigenvalue weighted by Gasteiger charge is -2.22. The van der Waals surface area contributed by atoms with Gasteiger partial charge in [0.05, 0.1) is 5.56 Å². The van der Waals surface area contributed by atoms with E-state index in [0.29, 0.717) is 4.90 Å². The number of nitrogens with two attached hydrogens (primary N) is 1. The summed E-state index contributed by atoms with van der Waals surface area (Å²) < 4.78 is 37.6. The van der Waals surface area contributed by atoms with Crippen LogP contribution in [0.1, 0.15) is 18.1 Å². The number of hydrogen-bond acceptors (Lipinski definition) is 3. The highest BCUT2D eigenvalue weighted by Gasteiger charge is 2.49. The van der Waals surface area contributed by atoms with Crippen LogP contribution in [-0.2, 0) is 21.3 Å². The summed E-state index contributed by atoms with van der Waals surface area (Å²) in [6, 6.07) is 3.02. The smallest absolute Gasteiger partial charge is 0.368 e. The molecule has 1 fully saturated rings. The van der Waals surface area contributed by atoms with Crippen LogP contribution in [0.2, 0.25) is 0 Å². The Morgan fingerprint density at radius 3 is 2.27 bits per heavy atom. The summed E-state index contributed by atoms with van der Waals surface area (Å²) in [5.41, 5.74) is 2.71. The number of nitrogens with one attached hydrogen (secondary N) is 1. The normalized spacial score (nSPS) is 21.9. The molecule has 1 aliphatic rings. The van der Waals surface area contributed by atoms with Crippen molar-refractivity contribution >= 4 is 17.8 Å². The average molecular weight is 315 g/mol. The minimum Gasteiger partial charge on any atom is -0.368 e. The van der Waals surface area contributed by atoms with Crippen molar-refractivity contribution in [3.8, 4) is 0 Å². The summed E-state index contributed by atoms with van der Waals surface area (Å²) in [4.78, 5) is 35.5. The zero-order valence-electron chi connectivity index (χ0n) is 11.4. The summed E-state index contributed by atoms with van der Waals surface area (Å²) in [7, 11) is 0. The molecule has 1 aliphatic heterocycles. The van der Waals surface area contributed by atoms with Gasteiger partial charge in [-0.3, -0.25) is 14.5 Å². The highest BCUT2D eigenvalue weighted by atomic mass is 19.4. The predicted octanol–water partition coefficient (Wildman–Crippen LogP) is 0.958. The van der Waals surface area contributed by atoms with E-state index in [4.69, 9.17) is 5.73 Å². The number of rotatable bonds is 3. The zero-order chi connectivity index (χ0) is 16.7. The van der Waals surface area contributed by atoms with Crippen molar-refractivity contribution in [1.29, 1.82) is 0 Å². The Kier molecular flexibility index (Phi) is 3.59. The molecule has 9 heteroatoms. The topological polar surface area (TPSA) is 92.5 Å². The summed E-state index contributed by atoms with van der Waals surface area (Å²) in [6.07, 6.45) is -4.50. The molecule has 4 amide bonds. The lowest BCUT2D eigenvalue weighted by molar-refractivity contribution is -0.137. The van der Waals surface area contributed by atoms with Crippen molar-refractivity contribution in [1.82, 2.24) is 10.2 Å². The van der Waals surface area contributed by atoms with E-state index in [1.807, 2.05) is 0 Å². The van der Waals surface area contributed by atoms with Crippen molar-refractivity contribution in [2.75, 3.05) is 6.54 Å². The SMILES string of the molecule is C[C@@]1(c2ccc(C(F)(F)F)cc2)NC(=O)N(CC(N)=O)C1=O. The molecule has 2 rings (SSSR count). The van der Waals surface area contributed by atoms with E-state index in [1.54, 1.807) is 0 Å². The van der Waals surface area contributed by atoms with Crippen LogP contribution in [0.5, 0.6) is 0 Å². The second-order valence-corrected chi connectivity index (χ2v) is 4.99. The number of amides is 4. The number of carbonyl (C=O) groups is 3. The van der Waals surface area contributed by atoms with Gasteiger partial charge in [0.1, 0.15) is 12.1 Å². The molecule has 1 saturated heterocycles. The van der Waals surface area contributed by atoms with E-state index in [9.17, 15) is 27.6 Å². The lowest BCUT2D eigenvalue weighted by atomic mass is 9.91. The Balaban J connectivity index is 2.33. The highest BCUT2D eigenvalue weighted by molar-refractivity contribution is 6.09. The maximum Gasteiger partial charge on any atom is 0.416 e. The largest absolute Gasteiger partial charge is 0.416 e. The Morgan fingerprint density at radius 2 is 1.82 bits per heavy atom. The number of hydrogen-bond donors (Lipinski definition) is 2. The number of imide groups is 1. The van der Waals surface area contributed by atoms with E-state index >= 15 is 0 Å². The van der Waals surface area contributed by atoms with Gasteiger partial charge < -0.3 is 11.1 Å². The molecule has 0 aromatic heterocycles. The molecular weight excluding hydrogens is 303 g/mol. The van der Waals surface area contributed by atoms with Crippen molar-refractivity contribution < 1.29 is 27.6 Å². The van der Waals surface area contributed by atoms with Crippen molar-refractivity contribution in [2.24, 2.45) is 5.73 Å². The monoisotopic (exact) mass is 315 g/mol. The van der Waals surface area contributed by atoms with Crippen LogP contribution >= 0.6 is 0 Å². The molecule has 0 unspecified atom stereocenters. The first-order chi connectivity index (χ1) is 10.1. The Morgan fingerprint density at radius 1 is 1.27 bits per heavy atom. The van der Waals surface area contributed by atoms with Gasteiger partial charge in [-0.2, -0.15) is 13.2 Å². The highest BCUT2D eigenvalue weighted by Crippen LogP contribution is 2.33. The molecule has 1 atom stereocenters. The minimum absolute atomic E-state index is 0.172. The third-order valence-corrected chi connectivity index (χ3v) is 3.38. The number of nitrogens with zero attached hydrogens (tertiary/aromatic N) is 1. The lowest BCUT2D eigenvalue weighted by Crippen LogP contribution is -2.42. The molecular formula is C13H12F3N3O3.